The van der Waals surface area contributed by atoms with Crippen LogP contribution in [0.4, 0.5) is 43.4 Å². The second-order valence-electron chi connectivity index (χ2n) is 28.4. The van der Waals surface area contributed by atoms with E-state index in [2.05, 4.69) is 35.1 Å². The van der Waals surface area contributed by atoms with Crippen molar-refractivity contribution in [2.45, 2.75) is 102 Å². The van der Waals surface area contributed by atoms with Crippen LogP contribution in [0.25, 0.3) is 0 Å². The first-order chi connectivity index (χ1) is 51.3. The molecule has 6 fully saturated rings. The van der Waals surface area contributed by atoms with Crippen LogP contribution in [0.2, 0.25) is 0 Å². The lowest BCUT2D eigenvalue weighted by Crippen LogP contribution is -2.48. The van der Waals surface area contributed by atoms with Crippen molar-refractivity contribution >= 4 is 34.8 Å². The van der Waals surface area contributed by atoms with Crippen LogP contribution in [0.5, 0.6) is 34.5 Å². The van der Waals surface area contributed by atoms with Crippen molar-refractivity contribution in [1.82, 2.24) is 25.3 Å². The number of aliphatic hydroxyl groups excluding tert-OH is 3. The SMILES string of the molecule is C.N[C@H](CN1CCCC1)[C@H](O)c1cc(F)c2c(c1)OCCO2.O=C(N[C@H](CN1CCCC1)[C@H](O)c1cc(F)c2c(c1)OCCO2)[C@@H]1CCN(c2ccc(F)cc2)C1.O=C(N[C@H](CN1CCCC1)[C@H](O)c1cc(F)c2c(c1)OCCO2)[C@H]1CCN(c2ccc(F)cc2)C1.O=C(O)C1CCN(c2ccc(F)cc2)C1. The highest BCUT2D eigenvalue weighted by molar-refractivity contribution is 5.81. The van der Waals surface area contributed by atoms with Gasteiger partial charge in [-0.3, -0.25) is 14.4 Å². The van der Waals surface area contributed by atoms with Crippen molar-refractivity contribution in [1.29, 1.82) is 0 Å². The third-order valence-corrected chi connectivity index (χ3v) is 20.9. The molecule has 1 unspecified atom stereocenters. The summed E-state index contributed by atoms with van der Waals surface area (Å²) >= 11 is 0. The molecule has 6 aromatic rings. The van der Waals surface area contributed by atoms with E-state index in [0.29, 0.717) is 120 Å². The molecule has 0 radical (unpaired) electrons. The van der Waals surface area contributed by atoms with Gasteiger partial charge in [-0.2, -0.15) is 0 Å². The molecule has 28 heteroatoms. The number of nitrogens with two attached hydrogens (primary N) is 1. The zero-order valence-corrected chi connectivity index (χ0v) is 59.3. The van der Waals surface area contributed by atoms with Crippen LogP contribution in [0.15, 0.2) is 109 Å². The maximum absolute atomic E-state index is 14.7. The Bertz CT molecular complexity index is 3750. The Hall–Kier alpha value is -8.77. The van der Waals surface area contributed by atoms with E-state index in [1.54, 1.807) is 54.6 Å². The van der Waals surface area contributed by atoms with Gasteiger partial charge in [0.2, 0.25) is 11.8 Å². The number of carbonyl (C=O) groups is 3. The number of carbonyl (C=O) groups excluding carboxylic acids is 2. The second kappa shape index (κ2) is 37.4. The van der Waals surface area contributed by atoms with Gasteiger partial charge in [-0.15, -0.1) is 0 Å². The summed E-state index contributed by atoms with van der Waals surface area (Å²) < 4.78 is 115. The molecule has 6 saturated heterocycles. The average Bonchev–Trinajstić information content (AvgIpc) is 1.53. The highest BCUT2D eigenvalue weighted by Gasteiger charge is 2.37. The van der Waals surface area contributed by atoms with Crippen LogP contribution in [-0.4, -0.2) is 209 Å². The Balaban J connectivity index is 0.000000149. The van der Waals surface area contributed by atoms with E-state index in [1.807, 2.05) is 4.90 Å². The third kappa shape index (κ3) is 20.7. The largest absolute Gasteiger partial charge is 0.486 e. The maximum atomic E-state index is 14.7. The normalized spacial score (nSPS) is 21.3. The lowest BCUT2D eigenvalue weighted by Gasteiger charge is -2.30. The number of amides is 2. The molecule has 6 aromatic carbocycles. The first-order valence-electron chi connectivity index (χ1n) is 36.9. The van der Waals surface area contributed by atoms with Crippen LogP contribution in [0.1, 0.15) is 100 Å². The van der Waals surface area contributed by atoms with E-state index in [0.717, 1.165) is 88.6 Å². The monoisotopic (exact) mass is 1500 g/mol. The summed E-state index contributed by atoms with van der Waals surface area (Å²) in [5.74, 6) is -3.31. The van der Waals surface area contributed by atoms with Crippen molar-refractivity contribution in [3.8, 4) is 34.5 Å². The number of carboxylic acid groups (broad SMARTS) is 1. The number of likely N-dealkylation sites (tertiary alicyclic amines) is 3. The zero-order valence-electron chi connectivity index (χ0n) is 59.3. The summed E-state index contributed by atoms with van der Waals surface area (Å²) in [6, 6.07) is 25.6. The van der Waals surface area contributed by atoms with Gasteiger partial charge in [0.15, 0.2) is 51.9 Å². The smallest absolute Gasteiger partial charge is 0.308 e. The minimum Gasteiger partial charge on any atom is -0.486 e. The molecular formula is C79H99F6N9O13. The molecule has 580 valence electrons. The minimum atomic E-state index is -1.11. The molecule has 0 aromatic heterocycles. The van der Waals surface area contributed by atoms with E-state index in [4.69, 9.17) is 39.3 Å². The number of fused-ring (bicyclic) bond motifs is 3. The van der Waals surface area contributed by atoms with Crippen LogP contribution < -0.4 is 59.5 Å². The molecule has 107 heavy (non-hydrogen) atoms. The first-order valence-corrected chi connectivity index (χ1v) is 36.9. The van der Waals surface area contributed by atoms with Crippen molar-refractivity contribution in [3.05, 3.63) is 161 Å². The highest BCUT2D eigenvalue weighted by Crippen LogP contribution is 2.40. The molecule has 0 bridgehead atoms. The fourth-order valence-electron chi connectivity index (χ4n) is 15.1. The van der Waals surface area contributed by atoms with Gasteiger partial charge in [-0.1, -0.05) is 7.43 Å². The van der Waals surface area contributed by atoms with Crippen molar-refractivity contribution < 1.29 is 89.6 Å². The standard InChI is InChI=1S/2C26H31F2N3O4.C15H21FN2O3.C11H12FNO2.CH4/c2*27-19-3-5-20(6-4-19)31-10-7-17(15-31)26(33)29-22(16-30-8-1-2-9-30)24(32)18-13-21(28)25-23(14-18)34-11-12-35-25;16-11-7-10(8-13-15(11)21-6-5-20-13)14(19)12(17)9-18-3-1-2-4-18;12-9-1-3-10(4-2-9)13-6-5-8(7-13)11(14)15;/h2*3-6,13-14,17,22,24,32H,1-2,7-12,15-16H2,(H,29,33);7-8,12,14,19H,1-6,9,17H2;1-4,8H,5-7H2,(H,14,15);1H4/t17-,22+,24+;17-,22-,24-;12-,14-;;/m011../s1. The predicted molar refractivity (Wildman–Crippen MR) is 390 cm³/mol. The van der Waals surface area contributed by atoms with Gasteiger partial charge >= 0.3 is 5.97 Å². The average molecular weight is 1500 g/mol. The summed E-state index contributed by atoms with van der Waals surface area (Å²) in [7, 11) is 0. The molecule has 15 rings (SSSR count). The number of nitrogens with one attached hydrogen (secondary N) is 2. The summed E-state index contributed by atoms with van der Waals surface area (Å²) in [6.45, 7) is 12.7. The number of benzene rings is 6. The molecular weight excluding hydrogens is 1400 g/mol. The number of anilines is 3. The number of hydrogen-bond acceptors (Lipinski definition) is 19. The Kier molecular flexibility index (Phi) is 27.7. The Morgan fingerprint density at radius 1 is 0.411 bits per heavy atom. The summed E-state index contributed by atoms with van der Waals surface area (Å²) in [5.41, 5.74) is 9.83. The predicted octanol–water partition coefficient (Wildman–Crippen LogP) is 9.18. The van der Waals surface area contributed by atoms with Crippen LogP contribution in [0, 0.1) is 52.7 Å². The molecule has 9 heterocycles. The minimum absolute atomic E-state index is 0. The van der Waals surface area contributed by atoms with Crippen molar-refractivity contribution in [3.63, 3.8) is 0 Å². The Morgan fingerprint density at radius 2 is 0.701 bits per heavy atom. The van der Waals surface area contributed by atoms with Gasteiger partial charge in [0.05, 0.1) is 35.9 Å². The van der Waals surface area contributed by atoms with Crippen molar-refractivity contribution in [2.75, 3.05) is 153 Å². The van der Waals surface area contributed by atoms with E-state index in [1.165, 1.54) is 67.4 Å². The molecule has 0 aliphatic carbocycles. The number of rotatable bonds is 20. The molecule has 9 aliphatic rings. The lowest BCUT2D eigenvalue weighted by atomic mass is 9.99. The molecule has 9 atom stereocenters. The molecule has 9 aliphatic heterocycles. The topological polar surface area (TPSA) is 257 Å². The Labute approximate surface area is 620 Å². The number of hydrogen-bond donors (Lipinski definition) is 7. The molecule has 8 N–H and O–H groups in total. The van der Waals surface area contributed by atoms with Gasteiger partial charge in [-0.05, 0) is 223 Å². The molecule has 0 saturated carbocycles. The quantitative estimate of drug-likeness (QED) is 0.0352. The van der Waals surface area contributed by atoms with Gasteiger partial charge in [0.25, 0.3) is 0 Å². The van der Waals surface area contributed by atoms with E-state index in [-0.39, 0.29) is 96.4 Å². The number of nitrogens with zero attached hydrogens (tertiary/aromatic N) is 6. The lowest BCUT2D eigenvalue weighted by molar-refractivity contribution is -0.141. The molecule has 2 amide bonds. The Morgan fingerprint density at radius 3 is 1.02 bits per heavy atom. The fourth-order valence-corrected chi connectivity index (χ4v) is 15.1. The summed E-state index contributed by atoms with van der Waals surface area (Å²) in [6.07, 6.45) is 5.47. The number of ether oxygens (including phenoxy) is 6. The summed E-state index contributed by atoms with van der Waals surface area (Å²) in [5, 5.41) is 47.8. The summed E-state index contributed by atoms with van der Waals surface area (Å²) in [4.78, 5) is 50.0. The second-order valence-corrected chi connectivity index (χ2v) is 28.4. The van der Waals surface area contributed by atoms with Gasteiger partial charge in [0, 0.05) is 82.0 Å². The van der Waals surface area contributed by atoms with Crippen LogP contribution in [-0.2, 0) is 14.4 Å². The van der Waals surface area contributed by atoms with E-state index < -0.39 is 59.9 Å². The van der Waals surface area contributed by atoms with Crippen LogP contribution >= 0.6 is 0 Å². The van der Waals surface area contributed by atoms with E-state index in [9.17, 15) is 56.0 Å². The number of aliphatic hydroxyl groups is 3. The molecule has 22 nitrogen and oxygen atoms in total. The fraction of sp³-hybridized carbons (Fsp3) is 0.506. The van der Waals surface area contributed by atoms with Gasteiger partial charge in [0.1, 0.15) is 69.3 Å². The van der Waals surface area contributed by atoms with Gasteiger partial charge in [-0.25, -0.2) is 26.3 Å². The van der Waals surface area contributed by atoms with E-state index >= 15 is 0 Å². The number of halogens is 6. The number of aliphatic carboxylic acids is 1. The van der Waals surface area contributed by atoms with Crippen molar-refractivity contribution in [2.24, 2.45) is 23.5 Å². The first kappa shape index (κ1) is 79.3. The number of carboxylic acids is 1. The molecule has 0 spiro atoms. The maximum Gasteiger partial charge on any atom is 0.308 e. The van der Waals surface area contributed by atoms with Gasteiger partial charge < -0.3 is 94.6 Å². The zero-order chi connectivity index (χ0) is 74.4. The van der Waals surface area contributed by atoms with Crippen LogP contribution in [0.3, 0.4) is 0 Å². The third-order valence-electron chi connectivity index (χ3n) is 20.9. The highest BCUT2D eigenvalue weighted by atomic mass is 19.1.